The van der Waals surface area contributed by atoms with Crippen molar-refractivity contribution < 1.29 is 4.42 Å². The highest BCUT2D eigenvalue weighted by Gasteiger charge is 2.24. The standard InChI is InChI=1S/C42H26N2S.C36H21NOS.C36H21NS2/c1-2-10-29(11-3-1)43-36-15-7-4-12-31(36)35-26-28(20-24-38(35)43)27-18-21-30(22-19-27)44-37-16-8-5-14-34(37)41-39(44)25-23-33-32-13-6-9-17-40(32)45-42(33)41;2*1-4-13-30-29(10-1)34-31(21-20-28-26-9-3-6-15-33(26)39-36(28)34)37(30)23-18-16-22(17-19-23)24-11-7-12-27-25-8-2-5-14-32(25)38-35(24)27/h1-26H;2*1-21H. The van der Waals surface area contributed by atoms with Gasteiger partial charge in [0.25, 0.3) is 0 Å². The molecule has 0 atom stereocenters. The highest BCUT2D eigenvalue weighted by atomic mass is 32.1. The van der Waals surface area contributed by atoms with Crippen LogP contribution in [-0.2, 0) is 0 Å². The Balaban J connectivity index is 0.0000000993. The lowest BCUT2D eigenvalue weighted by Gasteiger charge is -2.10. The van der Waals surface area contributed by atoms with Gasteiger partial charge in [0.05, 0.1) is 44.1 Å². The van der Waals surface area contributed by atoms with Gasteiger partial charge in [-0.25, -0.2) is 0 Å². The molecule has 0 saturated heterocycles. The van der Waals surface area contributed by atoms with Crippen LogP contribution in [0.5, 0.6) is 0 Å². The second kappa shape index (κ2) is 27.8. The zero-order valence-corrected chi connectivity index (χ0v) is 69.4. The molecule has 28 aromatic rings. The molecule has 0 N–H and O–H groups in total. The predicted molar refractivity (Wildman–Crippen MR) is 532 cm³/mol. The lowest BCUT2D eigenvalue weighted by atomic mass is 10.0. The molecular formula is C114H68N4OS4. The minimum atomic E-state index is 0.925. The lowest BCUT2D eigenvalue weighted by Crippen LogP contribution is -1.94. The van der Waals surface area contributed by atoms with Crippen molar-refractivity contribution in [2.45, 2.75) is 0 Å². The zero-order chi connectivity index (χ0) is 80.5. The Hall–Kier alpha value is -14.9. The SMILES string of the molecule is c1ccc(-n2c3ccccc3c3cc(-c4ccc(-n5c6ccccc6c6c7sc8ccccc8c7ccc65)cc4)ccc32)cc1.c1ccc2c(c1)oc1c(-c3ccc(-n4c5ccccc5c5c6sc7ccccc7c6ccc54)cc3)cccc12.c1ccc2c(c1)sc1c(-c3ccc(-n4c5ccccc5c5c6sc7ccccc7c6ccc54)cc3)cccc12. The quantitative estimate of drug-likeness (QED) is 0.157. The molecule has 0 fully saturated rings. The number of thiophene rings is 4. The number of fused-ring (bicyclic) bond motifs is 30. The van der Waals surface area contributed by atoms with E-state index in [-0.39, 0.29) is 0 Å². The first-order valence-electron chi connectivity index (χ1n) is 41.8. The van der Waals surface area contributed by atoms with Crippen LogP contribution in [0.2, 0.25) is 0 Å². The summed E-state index contributed by atoms with van der Waals surface area (Å²) in [5, 5.41) is 23.5. The van der Waals surface area contributed by atoms with Crippen molar-refractivity contribution in [3.8, 4) is 56.1 Å². The predicted octanol–water partition coefficient (Wildman–Crippen LogP) is 33.8. The Morgan fingerprint density at radius 1 is 0.171 bits per heavy atom. The summed E-state index contributed by atoms with van der Waals surface area (Å²) in [5.41, 5.74) is 23.7. The maximum absolute atomic E-state index is 6.32. The Morgan fingerprint density at radius 3 is 0.951 bits per heavy atom. The van der Waals surface area contributed by atoms with Crippen molar-refractivity contribution in [3.05, 3.63) is 413 Å². The monoisotopic (exact) mass is 1640 g/mol. The number of furan rings is 1. The van der Waals surface area contributed by atoms with Gasteiger partial charge in [-0.15, -0.1) is 45.3 Å². The van der Waals surface area contributed by atoms with Crippen LogP contribution in [0.25, 0.3) is 246 Å². The molecule has 0 saturated carbocycles. The van der Waals surface area contributed by atoms with Crippen LogP contribution in [0.15, 0.2) is 417 Å². The average molecular weight is 1640 g/mol. The number of benzene rings is 19. The molecule has 0 amide bonds. The lowest BCUT2D eigenvalue weighted by molar-refractivity contribution is 0.670. The molecule has 9 aromatic heterocycles. The molecule has 9 heteroatoms. The van der Waals surface area contributed by atoms with E-state index >= 15 is 0 Å². The Morgan fingerprint density at radius 2 is 0.480 bits per heavy atom. The number of hydrogen-bond donors (Lipinski definition) is 0. The largest absolute Gasteiger partial charge is 0.455 e. The summed E-state index contributed by atoms with van der Waals surface area (Å²) in [5.74, 6) is 0. The highest BCUT2D eigenvalue weighted by molar-refractivity contribution is 7.28. The summed E-state index contributed by atoms with van der Waals surface area (Å²) in [7, 11) is 0. The molecule has 19 aromatic carbocycles. The minimum absolute atomic E-state index is 0.925. The van der Waals surface area contributed by atoms with E-state index in [1.807, 2.05) is 57.5 Å². The van der Waals surface area contributed by atoms with Gasteiger partial charge in [-0.2, -0.15) is 0 Å². The molecule has 0 aliphatic rings. The first kappa shape index (κ1) is 70.0. The molecule has 28 rings (SSSR count). The van der Waals surface area contributed by atoms with Crippen molar-refractivity contribution in [3.63, 3.8) is 0 Å². The summed E-state index contributed by atoms with van der Waals surface area (Å²) in [4.78, 5) is 0. The van der Waals surface area contributed by atoms with Crippen LogP contribution in [0.4, 0.5) is 0 Å². The van der Waals surface area contributed by atoms with E-state index < -0.39 is 0 Å². The second-order valence-electron chi connectivity index (χ2n) is 32.0. The van der Waals surface area contributed by atoms with Gasteiger partial charge in [0.15, 0.2) is 0 Å². The maximum Gasteiger partial charge on any atom is 0.143 e. The smallest absolute Gasteiger partial charge is 0.143 e. The fraction of sp³-hybridized carbons (Fsp3) is 0. The molecule has 9 heterocycles. The Kier molecular flexibility index (Phi) is 15.8. The van der Waals surface area contributed by atoms with Crippen molar-refractivity contribution in [1.29, 1.82) is 0 Å². The molecule has 123 heavy (non-hydrogen) atoms. The van der Waals surface area contributed by atoms with Gasteiger partial charge in [0.1, 0.15) is 11.2 Å². The Labute approximate surface area is 720 Å². The summed E-state index contributed by atoms with van der Waals surface area (Å²) in [6.07, 6.45) is 0. The van der Waals surface area contributed by atoms with Gasteiger partial charge in [-0.3, -0.25) is 0 Å². The number of rotatable bonds is 7. The third-order valence-electron chi connectivity index (χ3n) is 25.4. The van der Waals surface area contributed by atoms with Gasteiger partial charge in [-0.05, 0) is 161 Å². The second-order valence-corrected chi connectivity index (χ2v) is 36.2. The minimum Gasteiger partial charge on any atom is -0.455 e. The zero-order valence-electron chi connectivity index (χ0n) is 66.1. The normalized spacial score (nSPS) is 12.1. The van der Waals surface area contributed by atoms with E-state index in [9.17, 15) is 0 Å². The summed E-state index contributed by atoms with van der Waals surface area (Å²) in [6, 6.07) is 150. The fourth-order valence-corrected chi connectivity index (χ4v) is 24.9. The number of nitrogens with zero attached hydrogens (tertiary/aromatic N) is 4. The number of para-hydroxylation sites is 7. The third kappa shape index (κ3) is 10.8. The molecule has 0 spiro atoms. The van der Waals surface area contributed by atoms with Crippen LogP contribution in [0.3, 0.4) is 0 Å². The first-order chi connectivity index (χ1) is 61.0. The van der Waals surface area contributed by atoms with Crippen LogP contribution in [-0.4, -0.2) is 18.3 Å². The van der Waals surface area contributed by atoms with Crippen LogP contribution in [0.1, 0.15) is 0 Å². The number of hydrogen-bond acceptors (Lipinski definition) is 5. The van der Waals surface area contributed by atoms with Gasteiger partial charge < -0.3 is 22.7 Å². The van der Waals surface area contributed by atoms with Crippen molar-refractivity contribution >= 4 is 235 Å². The van der Waals surface area contributed by atoms with Gasteiger partial charge in [0.2, 0.25) is 0 Å². The molecule has 0 aliphatic carbocycles. The van der Waals surface area contributed by atoms with E-state index in [2.05, 4.69) is 419 Å². The summed E-state index contributed by atoms with van der Waals surface area (Å²) in [6.45, 7) is 0. The molecule has 0 unspecified atom stereocenters. The van der Waals surface area contributed by atoms with E-state index in [0.717, 1.165) is 38.8 Å². The van der Waals surface area contributed by atoms with E-state index in [1.165, 1.54) is 207 Å². The molecular weight excluding hydrogens is 1570 g/mol. The van der Waals surface area contributed by atoms with Gasteiger partial charge in [0, 0.05) is 163 Å². The van der Waals surface area contributed by atoms with E-state index in [4.69, 9.17) is 4.42 Å². The van der Waals surface area contributed by atoms with Gasteiger partial charge in [-0.1, -0.05) is 279 Å². The first-order valence-corrected chi connectivity index (χ1v) is 45.0. The molecule has 0 aliphatic heterocycles. The summed E-state index contributed by atoms with van der Waals surface area (Å²) < 4.78 is 26.8. The third-order valence-corrected chi connectivity index (χ3v) is 30.2. The average Bonchev–Trinajstić information content (AvgIpc) is 1.57. The highest BCUT2D eigenvalue weighted by Crippen LogP contribution is 2.50. The maximum atomic E-state index is 6.32. The van der Waals surface area contributed by atoms with Gasteiger partial charge >= 0.3 is 0 Å². The molecule has 0 bridgehead atoms. The van der Waals surface area contributed by atoms with Crippen LogP contribution >= 0.6 is 45.3 Å². The van der Waals surface area contributed by atoms with Crippen LogP contribution < -0.4 is 0 Å². The number of aromatic nitrogens is 4. The fourth-order valence-electron chi connectivity index (χ4n) is 19.9. The summed E-state index contributed by atoms with van der Waals surface area (Å²) >= 11 is 7.59. The van der Waals surface area contributed by atoms with E-state index in [1.54, 1.807) is 0 Å². The van der Waals surface area contributed by atoms with Crippen molar-refractivity contribution in [2.75, 3.05) is 0 Å². The Bertz CT molecular complexity index is 8860. The molecule has 0 radical (unpaired) electrons. The van der Waals surface area contributed by atoms with Crippen LogP contribution in [0, 0.1) is 0 Å². The molecule has 574 valence electrons. The molecule has 5 nitrogen and oxygen atoms in total. The van der Waals surface area contributed by atoms with Crippen molar-refractivity contribution in [1.82, 2.24) is 18.3 Å². The van der Waals surface area contributed by atoms with E-state index in [0.29, 0.717) is 0 Å². The van der Waals surface area contributed by atoms with Crippen molar-refractivity contribution in [2.24, 2.45) is 0 Å². The topological polar surface area (TPSA) is 32.9 Å².